The normalized spacial score (nSPS) is 12.9. The van der Waals surface area contributed by atoms with Crippen LogP contribution in [0.1, 0.15) is 24.2 Å². The number of nitrogens with zero attached hydrogens (tertiary/aromatic N) is 1. The minimum absolute atomic E-state index is 0.187. The summed E-state index contributed by atoms with van der Waals surface area (Å²) in [4.78, 5) is 16.1. The number of nitrogens with one attached hydrogen (secondary N) is 1. The van der Waals surface area contributed by atoms with Gasteiger partial charge < -0.3 is 4.42 Å². The highest BCUT2D eigenvalue weighted by atomic mass is 32.2. The van der Waals surface area contributed by atoms with E-state index in [1.807, 2.05) is 18.2 Å². The maximum absolute atomic E-state index is 12.3. The molecule has 0 radical (unpaired) electrons. The summed E-state index contributed by atoms with van der Waals surface area (Å²) in [6.45, 7) is 3.34. The van der Waals surface area contributed by atoms with Crippen LogP contribution >= 0.6 is 0 Å². The smallest absolute Gasteiger partial charge is 0.281 e. The van der Waals surface area contributed by atoms with Gasteiger partial charge in [-0.05, 0) is 43.7 Å². The Morgan fingerprint density at radius 3 is 2.67 bits per heavy atom. The summed E-state index contributed by atoms with van der Waals surface area (Å²) in [5.74, 6) is -1.02. The zero-order valence-electron chi connectivity index (χ0n) is 13.2. The second kappa shape index (κ2) is 6.09. The Balaban J connectivity index is 1.83. The summed E-state index contributed by atoms with van der Waals surface area (Å²) >= 11 is 0. The van der Waals surface area contributed by atoms with Crippen molar-refractivity contribution in [1.29, 1.82) is 0 Å². The lowest BCUT2D eigenvalue weighted by Crippen LogP contribution is -2.34. The number of benzene rings is 1. The van der Waals surface area contributed by atoms with Gasteiger partial charge >= 0.3 is 0 Å². The number of para-hydroxylation sites is 1. The zero-order chi connectivity index (χ0) is 17.3. The van der Waals surface area contributed by atoms with Crippen LogP contribution in [0, 0.1) is 6.92 Å². The molecule has 124 valence electrons. The van der Waals surface area contributed by atoms with Crippen molar-refractivity contribution in [2.24, 2.45) is 0 Å². The van der Waals surface area contributed by atoms with E-state index < -0.39 is 21.8 Å². The molecule has 7 heteroatoms. The summed E-state index contributed by atoms with van der Waals surface area (Å²) in [6.07, 6.45) is 1.39. The first-order valence-corrected chi connectivity index (χ1v) is 8.83. The standard InChI is InChI=1S/C17H16N2O4S/c1-11-7-8-18-16(9-11)24(21,22)19-17(20)12(2)15-10-13-5-3-4-6-14(13)23-15/h3-10,12H,1-2H3,(H,19,20)/t12-/m1/s1. The molecule has 0 aliphatic rings. The summed E-state index contributed by atoms with van der Waals surface area (Å²) in [5.41, 5.74) is 1.39. The van der Waals surface area contributed by atoms with E-state index >= 15 is 0 Å². The summed E-state index contributed by atoms with van der Waals surface area (Å²) in [5, 5.41) is 0.669. The summed E-state index contributed by atoms with van der Waals surface area (Å²) in [7, 11) is -4.02. The largest absolute Gasteiger partial charge is 0.460 e. The molecule has 2 heterocycles. The molecule has 0 saturated carbocycles. The van der Waals surface area contributed by atoms with Gasteiger partial charge in [0.25, 0.3) is 10.0 Å². The minimum Gasteiger partial charge on any atom is -0.460 e. The fraction of sp³-hybridized carbons (Fsp3) is 0.176. The fourth-order valence-corrected chi connectivity index (χ4v) is 3.36. The number of furan rings is 1. The van der Waals surface area contributed by atoms with Crippen molar-refractivity contribution in [2.75, 3.05) is 0 Å². The SMILES string of the molecule is Cc1ccnc(S(=O)(=O)NC(=O)[C@H](C)c2cc3ccccc3o2)c1. The van der Waals surface area contributed by atoms with Gasteiger partial charge in [0.05, 0.1) is 5.92 Å². The number of hydrogen-bond donors (Lipinski definition) is 1. The van der Waals surface area contributed by atoms with Crippen LogP contribution in [0.2, 0.25) is 0 Å². The number of amides is 1. The van der Waals surface area contributed by atoms with Crippen molar-refractivity contribution in [3.63, 3.8) is 0 Å². The van der Waals surface area contributed by atoms with Gasteiger partial charge in [-0.1, -0.05) is 18.2 Å². The van der Waals surface area contributed by atoms with Crippen molar-refractivity contribution < 1.29 is 17.6 Å². The highest BCUT2D eigenvalue weighted by Crippen LogP contribution is 2.25. The molecule has 0 spiro atoms. The van der Waals surface area contributed by atoms with Crippen molar-refractivity contribution >= 4 is 26.9 Å². The van der Waals surface area contributed by atoms with Crippen LogP contribution in [0.3, 0.4) is 0 Å². The maximum Gasteiger partial charge on any atom is 0.281 e. The van der Waals surface area contributed by atoms with Gasteiger partial charge in [-0.3, -0.25) is 4.79 Å². The molecule has 0 aliphatic heterocycles. The molecular weight excluding hydrogens is 328 g/mol. The molecule has 3 rings (SSSR count). The Morgan fingerprint density at radius 2 is 1.96 bits per heavy atom. The van der Waals surface area contributed by atoms with Gasteiger partial charge in [-0.15, -0.1) is 0 Å². The third kappa shape index (κ3) is 3.16. The quantitative estimate of drug-likeness (QED) is 0.786. The molecule has 6 nitrogen and oxygen atoms in total. The van der Waals surface area contributed by atoms with E-state index in [2.05, 4.69) is 9.71 Å². The second-order valence-corrected chi connectivity index (χ2v) is 7.18. The lowest BCUT2D eigenvalue weighted by atomic mass is 10.1. The first-order chi connectivity index (χ1) is 11.4. The number of fused-ring (bicyclic) bond motifs is 1. The monoisotopic (exact) mass is 344 g/mol. The van der Waals surface area contributed by atoms with E-state index in [0.717, 1.165) is 10.9 Å². The lowest BCUT2D eigenvalue weighted by molar-refractivity contribution is -0.120. The van der Waals surface area contributed by atoms with Crippen LogP contribution in [0.4, 0.5) is 0 Å². The molecule has 1 atom stereocenters. The van der Waals surface area contributed by atoms with Crippen LogP contribution in [-0.2, 0) is 14.8 Å². The lowest BCUT2D eigenvalue weighted by Gasteiger charge is -2.10. The Bertz CT molecular complexity index is 975. The van der Waals surface area contributed by atoms with Gasteiger partial charge in [-0.25, -0.2) is 9.71 Å². The third-order valence-corrected chi connectivity index (χ3v) is 4.91. The maximum atomic E-state index is 12.3. The number of hydrogen-bond acceptors (Lipinski definition) is 5. The van der Waals surface area contributed by atoms with Crippen molar-refractivity contribution in [2.45, 2.75) is 24.8 Å². The van der Waals surface area contributed by atoms with E-state index in [-0.39, 0.29) is 5.03 Å². The van der Waals surface area contributed by atoms with Gasteiger partial charge in [0.2, 0.25) is 5.91 Å². The molecule has 1 amide bonds. The van der Waals surface area contributed by atoms with Crippen LogP contribution in [0.25, 0.3) is 11.0 Å². The molecule has 0 bridgehead atoms. The van der Waals surface area contributed by atoms with Crippen LogP contribution in [0.5, 0.6) is 0 Å². The predicted molar refractivity (Wildman–Crippen MR) is 88.9 cm³/mol. The highest BCUT2D eigenvalue weighted by molar-refractivity contribution is 7.90. The zero-order valence-corrected chi connectivity index (χ0v) is 14.0. The molecule has 1 aromatic carbocycles. The van der Waals surface area contributed by atoms with Crippen LogP contribution < -0.4 is 4.72 Å². The van der Waals surface area contributed by atoms with Gasteiger partial charge in [0.1, 0.15) is 11.3 Å². The average Bonchev–Trinajstić information content (AvgIpc) is 2.97. The minimum atomic E-state index is -4.02. The average molecular weight is 344 g/mol. The fourth-order valence-electron chi connectivity index (χ4n) is 2.27. The first kappa shape index (κ1) is 16.2. The summed E-state index contributed by atoms with van der Waals surface area (Å²) < 4.78 is 32.2. The highest BCUT2D eigenvalue weighted by Gasteiger charge is 2.25. The molecule has 0 unspecified atom stereocenters. The number of sulfonamides is 1. The van der Waals surface area contributed by atoms with Gasteiger partial charge in [0.15, 0.2) is 5.03 Å². The number of aryl methyl sites for hydroxylation is 1. The Labute approximate surface area is 139 Å². The van der Waals surface area contributed by atoms with Crippen LogP contribution in [0.15, 0.2) is 58.1 Å². The second-order valence-electron chi connectivity index (χ2n) is 5.55. The molecular formula is C17H16N2O4S. The number of pyridine rings is 1. The number of carbonyl (C=O) groups excluding carboxylic acids is 1. The molecule has 3 aromatic rings. The van der Waals surface area contributed by atoms with Crippen molar-refractivity contribution in [3.05, 3.63) is 60.0 Å². The van der Waals surface area contributed by atoms with Crippen molar-refractivity contribution in [3.8, 4) is 0 Å². The Hall–Kier alpha value is -2.67. The molecule has 0 saturated heterocycles. The number of carbonyl (C=O) groups is 1. The first-order valence-electron chi connectivity index (χ1n) is 7.34. The number of aromatic nitrogens is 1. The van der Waals surface area contributed by atoms with E-state index in [1.54, 1.807) is 32.0 Å². The molecule has 0 fully saturated rings. The summed E-state index contributed by atoms with van der Waals surface area (Å²) in [6, 6.07) is 12.2. The van der Waals surface area contributed by atoms with Gasteiger partial charge in [-0.2, -0.15) is 8.42 Å². The third-order valence-electron chi connectivity index (χ3n) is 3.67. The van der Waals surface area contributed by atoms with E-state index in [4.69, 9.17) is 4.42 Å². The molecule has 2 aromatic heterocycles. The molecule has 24 heavy (non-hydrogen) atoms. The molecule has 1 N–H and O–H groups in total. The van der Waals surface area contributed by atoms with E-state index in [0.29, 0.717) is 11.3 Å². The molecule has 0 aliphatic carbocycles. The Kier molecular flexibility index (Phi) is 4.11. The Morgan fingerprint density at radius 1 is 1.21 bits per heavy atom. The van der Waals surface area contributed by atoms with Crippen LogP contribution in [-0.4, -0.2) is 19.3 Å². The topological polar surface area (TPSA) is 89.3 Å². The van der Waals surface area contributed by atoms with E-state index in [9.17, 15) is 13.2 Å². The van der Waals surface area contributed by atoms with E-state index in [1.165, 1.54) is 12.3 Å². The number of rotatable bonds is 4. The van der Waals surface area contributed by atoms with Crippen molar-refractivity contribution in [1.82, 2.24) is 9.71 Å². The predicted octanol–water partition coefficient (Wildman–Crippen LogP) is 2.74. The van der Waals surface area contributed by atoms with Gasteiger partial charge in [0, 0.05) is 11.6 Å².